The smallest absolute Gasteiger partial charge is 0.300 e. The summed E-state index contributed by atoms with van der Waals surface area (Å²) < 4.78 is 16.1. The zero-order chi connectivity index (χ0) is 23.7. The molecule has 2 heterocycles. The number of rotatable bonds is 6. The quantitative estimate of drug-likeness (QED) is 0.197. The Hall–Kier alpha value is -4.60. The highest BCUT2D eigenvalue weighted by Crippen LogP contribution is 2.44. The number of furan rings is 1. The fourth-order valence-electron chi connectivity index (χ4n) is 3.64. The number of aliphatic hydroxyl groups excluding tert-OH is 1. The molecule has 1 amide bonds. The number of benzene rings is 2. The number of methoxy groups -OCH3 is 2. The number of nitro groups is 1. The van der Waals surface area contributed by atoms with E-state index in [9.17, 15) is 24.8 Å². The van der Waals surface area contributed by atoms with E-state index >= 15 is 0 Å². The number of anilines is 1. The van der Waals surface area contributed by atoms with Crippen LogP contribution in [0.4, 0.5) is 11.4 Å². The molecular weight excluding hydrogens is 432 g/mol. The van der Waals surface area contributed by atoms with Crippen LogP contribution < -0.4 is 14.4 Å². The van der Waals surface area contributed by atoms with Gasteiger partial charge in [-0.25, -0.2) is 0 Å². The van der Waals surface area contributed by atoms with Crippen molar-refractivity contribution < 1.29 is 33.5 Å². The highest BCUT2D eigenvalue weighted by molar-refractivity contribution is 6.51. The standard InChI is InChI=1S/C23H18N2O8/c1-31-16-10-15(11-17(12-16)32-2)24-20(18-4-3-9-33-18)19(22(27)23(24)28)21(26)13-5-7-14(8-6-13)25(29)30/h3-12,20,26H,1-2H3/b21-19-. The number of ether oxygens (including phenoxy) is 2. The van der Waals surface area contributed by atoms with Crippen LogP contribution in [0.1, 0.15) is 17.4 Å². The minimum Gasteiger partial charge on any atom is -0.507 e. The van der Waals surface area contributed by atoms with Crippen molar-refractivity contribution in [3.8, 4) is 11.5 Å². The van der Waals surface area contributed by atoms with Crippen molar-refractivity contribution >= 4 is 28.8 Å². The lowest BCUT2D eigenvalue weighted by Crippen LogP contribution is -2.29. The van der Waals surface area contributed by atoms with Gasteiger partial charge in [0.1, 0.15) is 29.1 Å². The molecule has 1 aliphatic rings. The van der Waals surface area contributed by atoms with Gasteiger partial charge in [0.15, 0.2) is 0 Å². The molecule has 10 nitrogen and oxygen atoms in total. The minimum absolute atomic E-state index is 0.137. The third kappa shape index (κ3) is 3.78. The predicted molar refractivity (Wildman–Crippen MR) is 116 cm³/mol. The Kier molecular flexibility index (Phi) is 5.57. The maximum Gasteiger partial charge on any atom is 0.300 e. The molecule has 1 aliphatic heterocycles. The molecule has 4 rings (SSSR count). The Morgan fingerprint density at radius 1 is 1.06 bits per heavy atom. The largest absolute Gasteiger partial charge is 0.507 e. The SMILES string of the molecule is COc1cc(OC)cc(N2C(=O)C(=O)/C(=C(\O)c3ccc([N+](=O)[O-])cc3)C2c2ccco2)c1. The average molecular weight is 450 g/mol. The summed E-state index contributed by atoms with van der Waals surface area (Å²) in [5.41, 5.74) is 0.0273. The number of Topliss-reactive ketones (excluding diaryl/α,β-unsaturated/α-hetero) is 1. The fourth-order valence-corrected chi connectivity index (χ4v) is 3.64. The highest BCUT2D eigenvalue weighted by atomic mass is 16.6. The van der Waals surface area contributed by atoms with Gasteiger partial charge in [0, 0.05) is 35.9 Å². The number of non-ortho nitro benzene ring substituents is 1. The number of nitrogens with zero attached hydrogens (tertiary/aromatic N) is 2. The third-order valence-corrected chi connectivity index (χ3v) is 5.22. The van der Waals surface area contributed by atoms with Gasteiger partial charge in [-0.05, 0) is 24.3 Å². The summed E-state index contributed by atoms with van der Waals surface area (Å²) in [5.74, 6) is -1.30. The molecule has 10 heteroatoms. The highest BCUT2D eigenvalue weighted by Gasteiger charge is 2.48. The first kappa shape index (κ1) is 21.6. The van der Waals surface area contributed by atoms with Crippen molar-refractivity contribution in [2.24, 2.45) is 0 Å². The van der Waals surface area contributed by atoms with Crippen LogP contribution in [-0.2, 0) is 9.59 Å². The molecule has 0 saturated carbocycles. The summed E-state index contributed by atoms with van der Waals surface area (Å²) in [5, 5.41) is 21.9. The Morgan fingerprint density at radius 2 is 1.70 bits per heavy atom. The first-order chi connectivity index (χ1) is 15.8. The summed E-state index contributed by atoms with van der Waals surface area (Å²) in [6, 6.07) is 11.8. The van der Waals surface area contributed by atoms with Crippen molar-refractivity contribution in [3.63, 3.8) is 0 Å². The maximum atomic E-state index is 13.1. The first-order valence-electron chi connectivity index (χ1n) is 9.68. The lowest BCUT2D eigenvalue weighted by Gasteiger charge is -2.24. The van der Waals surface area contributed by atoms with E-state index in [0.29, 0.717) is 11.5 Å². The van der Waals surface area contributed by atoms with E-state index in [4.69, 9.17) is 13.9 Å². The van der Waals surface area contributed by atoms with E-state index in [0.717, 1.165) is 0 Å². The van der Waals surface area contributed by atoms with Crippen molar-refractivity contribution in [3.05, 3.63) is 87.9 Å². The van der Waals surface area contributed by atoms with Gasteiger partial charge in [0.05, 0.1) is 36.7 Å². The van der Waals surface area contributed by atoms with Gasteiger partial charge in [0.2, 0.25) is 0 Å². The molecule has 0 radical (unpaired) electrons. The van der Waals surface area contributed by atoms with Crippen LogP contribution in [0.25, 0.3) is 5.76 Å². The number of ketones is 1. The van der Waals surface area contributed by atoms with Crippen LogP contribution in [0, 0.1) is 10.1 Å². The van der Waals surface area contributed by atoms with Gasteiger partial charge in [-0.3, -0.25) is 24.6 Å². The number of nitro benzene ring substituents is 1. The van der Waals surface area contributed by atoms with Crippen LogP contribution in [-0.4, -0.2) is 35.9 Å². The van der Waals surface area contributed by atoms with Crippen LogP contribution in [0.3, 0.4) is 0 Å². The van der Waals surface area contributed by atoms with Gasteiger partial charge in [-0.1, -0.05) is 0 Å². The van der Waals surface area contributed by atoms with E-state index in [1.54, 1.807) is 30.3 Å². The van der Waals surface area contributed by atoms with E-state index in [1.807, 2.05) is 0 Å². The van der Waals surface area contributed by atoms with Crippen LogP contribution in [0.5, 0.6) is 11.5 Å². The Bertz CT molecular complexity index is 1240. The molecule has 0 spiro atoms. The number of amides is 1. The molecule has 1 N–H and O–H groups in total. The third-order valence-electron chi connectivity index (χ3n) is 5.22. The second-order valence-electron chi connectivity index (χ2n) is 7.06. The second kappa shape index (κ2) is 8.50. The Balaban J connectivity index is 1.90. The second-order valence-corrected chi connectivity index (χ2v) is 7.06. The van der Waals surface area contributed by atoms with Crippen molar-refractivity contribution in [2.45, 2.75) is 6.04 Å². The van der Waals surface area contributed by atoms with Gasteiger partial charge in [-0.15, -0.1) is 0 Å². The Labute approximate surface area is 187 Å². The predicted octanol–water partition coefficient (Wildman–Crippen LogP) is 3.83. The van der Waals surface area contributed by atoms with E-state index in [-0.39, 0.29) is 28.3 Å². The number of hydrogen-bond acceptors (Lipinski definition) is 8. The summed E-state index contributed by atoms with van der Waals surface area (Å²) in [6.07, 6.45) is 1.38. The van der Waals surface area contributed by atoms with E-state index in [1.165, 1.54) is 49.6 Å². The molecular formula is C23H18N2O8. The van der Waals surface area contributed by atoms with Crippen LogP contribution in [0.15, 0.2) is 70.9 Å². The summed E-state index contributed by atoms with van der Waals surface area (Å²) >= 11 is 0. The van der Waals surface area contributed by atoms with Gasteiger partial charge in [-0.2, -0.15) is 0 Å². The molecule has 1 atom stereocenters. The molecule has 3 aromatic rings. The average Bonchev–Trinajstić information content (AvgIpc) is 3.45. The summed E-state index contributed by atoms with van der Waals surface area (Å²) in [7, 11) is 2.90. The van der Waals surface area contributed by atoms with Crippen molar-refractivity contribution in [2.75, 3.05) is 19.1 Å². The van der Waals surface area contributed by atoms with Crippen LogP contribution in [0.2, 0.25) is 0 Å². The molecule has 1 unspecified atom stereocenters. The number of carbonyl (C=O) groups is 2. The molecule has 0 aliphatic carbocycles. The van der Waals surface area contributed by atoms with E-state index in [2.05, 4.69) is 0 Å². The molecule has 1 fully saturated rings. The van der Waals surface area contributed by atoms with Gasteiger partial charge in [0.25, 0.3) is 17.4 Å². The Morgan fingerprint density at radius 3 is 2.21 bits per heavy atom. The summed E-state index contributed by atoms with van der Waals surface area (Å²) in [4.78, 5) is 37.7. The normalized spacial score (nSPS) is 17.3. The van der Waals surface area contributed by atoms with E-state index < -0.39 is 28.4 Å². The minimum atomic E-state index is -1.09. The first-order valence-corrected chi connectivity index (χ1v) is 9.68. The fraction of sp³-hybridized carbons (Fsp3) is 0.130. The molecule has 0 bridgehead atoms. The number of hydrogen-bond donors (Lipinski definition) is 1. The molecule has 2 aromatic carbocycles. The molecule has 1 saturated heterocycles. The number of carbonyl (C=O) groups excluding carboxylic acids is 2. The lowest BCUT2D eigenvalue weighted by atomic mass is 9.99. The topological polar surface area (TPSA) is 132 Å². The summed E-state index contributed by atoms with van der Waals surface area (Å²) in [6.45, 7) is 0. The van der Waals surface area contributed by atoms with Crippen molar-refractivity contribution in [1.29, 1.82) is 0 Å². The molecule has 168 valence electrons. The zero-order valence-corrected chi connectivity index (χ0v) is 17.6. The number of aliphatic hydroxyl groups is 1. The molecule has 1 aromatic heterocycles. The van der Waals surface area contributed by atoms with Gasteiger partial charge >= 0.3 is 0 Å². The van der Waals surface area contributed by atoms with Crippen LogP contribution >= 0.6 is 0 Å². The monoisotopic (exact) mass is 450 g/mol. The maximum absolute atomic E-state index is 13.1. The van der Waals surface area contributed by atoms with Gasteiger partial charge < -0.3 is 19.0 Å². The zero-order valence-electron chi connectivity index (χ0n) is 17.6. The van der Waals surface area contributed by atoms with Crippen molar-refractivity contribution in [1.82, 2.24) is 0 Å². The lowest BCUT2D eigenvalue weighted by molar-refractivity contribution is -0.384. The molecule has 33 heavy (non-hydrogen) atoms.